The molecule has 0 aromatic heterocycles. The molecule has 0 fully saturated rings. The third kappa shape index (κ3) is 6.57. The molecule has 1 atom stereocenters. The number of rotatable bonds is 7. The minimum atomic E-state index is -0.773. The smallest absolute Gasteiger partial charge is 0.238 e. The van der Waals surface area contributed by atoms with Crippen LogP contribution in [0.3, 0.4) is 0 Å². The fourth-order valence-corrected chi connectivity index (χ4v) is 2.03. The highest BCUT2D eigenvalue weighted by molar-refractivity contribution is 6.30. The molecule has 5 heteroatoms. The van der Waals surface area contributed by atoms with Gasteiger partial charge in [-0.3, -0.25) is 4.79 Å². The largest absolute Gasteiger partial charge is 0.389 e. The molecule has 3 N–H and O–H groups in total. The van der Waals surface area contributed by atoms with E-state index in [4.69, 9.17) is 11.6 Å². The lowest BCUT2D eigenvalue weighted by Gasteiger charge is -2.22. The van der Waals surface area contributed by atoms with Crippen molar-refractivity contribution in [3.63, 3.8) is 0 Å². The van der Waals surface area contributed by atoms with Crippen LogP contribution in [-0.2, 0) is 4.79 Å². The minimum absolute atomic E-state index is 0.158. The molecule has 1 rings (SSSR count). The van der Waals surface area contributed by atoms with Crippen LogP contribution in [0.1, 0.15) is 26.7 Å². The first kappa shape index (κ1) is 16.0. The maximum Gasteiger partial charge on any atom is 0.238 e. The van der Waals surface area contributed by atoms with Crippen LogP contribution in [0, 0.1) is 0 Å². The van der Waals surface area contributed by atoms with Crippen molar-refractivity contribution in [2.24, 2.45) is 0 Å². The summed E-state index contributed by atoms with van der Waals surface area (Å²) in [4.78, 5) is 11.7. The van der Waals surface area contributed by atoms with E-state index >= 15 is 0 Å². The van der Waals surface area contributed by atoms with Gasteiger partial charge in [0.05, 0.1) is 12.1 Å². The molecule has 0 radical (unpaired) electrons. The Hall–Kier alpha value is -1.10. The summed E-state index contributed by atoms with van der Waals surface area (Å²) in [5.74, 6) is -0.158. The fraction of sp³-hybridized carbons (Fsp3) is 0.500. The third-order valence-corrected chi connectivity index (χ3v) is 2.92. The van der Waals surface area contributed by atoms with Crippen LogP contribution in [0.2, 0.25) is 5.02 Å². The predicted molar refractivity (Wildman–Crippen MR) is 78.5 cm³/mol. The Morgan fingerprint density at radius 1 is 1.47 bits per heavy atom. The number of hydrogen-bond donors (Lipinski definition) is 3. The molecule has 1 aromatic rings. The zero-order valence-corrected chi connectivity index (χ0v) is 12.1. The molecule has 1 unspecified atom stereocenters. The number of hydrogen-bond acceptors (Lipinski definition) is 3. The maximum absolute atomic E-state index is 11.7. The summed E-state index contributed by atoms with van der Waals surface area (Å²) in [7, 11) is 0. The van der Waals surface area contributed by atoms with Crippen LogP contribution in [0.15, 0.2) is 24.3 Å². The van der Waals surface area contributed by atoms with Gasteiger partial charge in [0.1, 0.15) is 0 Å². The van der Waals surface area contributed by atoms with E-state index in [0.717, 1.165) is 6.42 Å². The van der Waals surface area contributed by atoms with Crippen molar-refractivity contribution in [2.45, 2.75) is 32.3 Å². The van der Waals surface area contributed by atoms with Crippen molar-refractivity contribution in [2.75, 3.05) is 18.4 Å². The molecule has 0 saturated carbocycles. The Balaban J connectivity index is 2.32. The summed E-state index contributed by atoms with van der Waals surface area (Å²) in [6.07, 6.45) is 1.61. The standard InChI is InChI=1S/C14H21ClN2O2/c1-3-7-14(2,19)10-16-9-13(18)17-12-6-4-5-11(15)8-12/h4-6,8,16,19H,3,7,9-10H2,1-2H3,(H,17,18). The van der Waals surface area contributed by atoms with Gasteiger partial charge in [-0.25, -0.2) is 0 Å². The van der Waals surface area contributed by atoms with E-state index < -0.39 is 5.60 Å². The molecular formula is C14H21ClN2O2. The quantitative estimate of drug-likeness (QED) is 0.721. The van der Waals surface area contributed by atoms with Gasteiger partial charge in [0.15, 0.2) is 0 Å². The highest BCUT2D eigenvalue weighted by Gasteiger charge is 2.18. The minimum Gasteiger partial charge on any atom is -0.389 e. The highest BCUT2D eigenvalue weighted by atomic mass is 35.5. The number of amides is 1. The molecule has 0 bridgehead atoms. The summed E-state index contributed by atoms with van der Waals surface area (Å²) < 4.78 is 0. The van der Waals surface area contributed by atoms with E-state index in [2.05, 4.69) is 10.6 Å². The molecule has 0 aliphatic heterocycles. The van der Waals surface area contributed by atoms with Gasteiger partial charge in [-0.2, -0.15) is 0 Å². The number of nitrogens with one attached hydrogen (secondary N) is 2. The number of aliphatic hydroxyl groups is 1. The Bertz CT molecular complexity index is 422. The lowest BCUT2D eigenvalue weighted by Crippen LogP contribution is -2.40. The second-order valence-corrected chi connectivity index (χ2v) is 5.35. The fourth-order valence-electron chi connectivity index (χ4n) is 1.84. The van der Waals surface area contributed by atoms with Crippen molar-refractivity contribution in [3.05, 3.63) is 29.3 Å². The summed E-state index contributed by atoms with van der Waals surface area (Å²) in [6, 6.07) is 6.98. The molecule has 1 amide bonds. The summed E-state index contributed by atoms with van der Waals surface area (Å²) in [5.41, 5.74) is -0.106. The Morgan fingerprint density at radius 2 is 2.21 bits per heavy atom. The molecule has 19 heavy (non-hydrogen) atoms. The van der Waals surface area contributed by atoms with E-state index in [1.165, 1.54) is 0 Å². The van der Waals surface area contributed by atoms with E-state index in [-0.39, 0.29) is 12.5 Å². The lowest BCUT2D eigenvalue weighted by molar-refractivity contribution is -0.115. The molecule has 0 aliphatic carbocycles. The number of carbonyl (C=O) groups excluding carboxylic acids is 1. The average Bonchev–Trinajstić information content (AvgIpc) is 2.28. The molecule has 4 nitrogen and oxygen atoms in total. The van der Waals surface area contributed by atoms with Gasteiger partial charge in [-0.15, -0.1) is 0 Å². The van der Waals surface area contributed by atoms with Crippen LogP contribution in [0.25, 0.3) is 0 Å². The van der Waals surface area contributed by atoms with E-state index in [1.54, 1.807) is 31.2 Å². The molecular weight excluding hydrogens is 264 g/mol. The van der Waals surface area contributed by atoms with E-state index in [9.17, 15) is 9.90 Å². The number of halogens is 1. The van der Waals surface area contributed by atoms with Crippen LogP contribution < -0.4 is 10.6 Å². The van der Waals surface area contributed by atoms with Crippen molar-refractivity contribution in [1.29, 1.82) is 0 Å². The first-order chi connectivity index (χ1) is 8.93. The van der Waals surface area contributed by atoms with Gasteiger partial charge in [-0.05, 0) is 31.5 Å². The van der Waals surface area contributed by atoms with Crippen molar-refractivity contribution >= 4 is 23.2 Å². The molecule has 106 valence electrons. The number of benzene rings is 1. The van der Waals surface area contributed by atoms with Crippen LogP contribution in [0.4, 0.5) is 5.69 Å². The van der Waals surface area contributed by atoms with Crippen molar-refractivity contribution in [1.82, 2.24) is 5.32 Å². The third-order valence-electron chi connectivity index (χ3n) is 2.69. The Morgan fingerprint density at radius 3 is 2.84 bits per heavy atom. The summed E-state index contributed by atoms with van der Waals surface area (Å²) in [5, 5.41) is 16.2. The maximum atomic E-state index is 11.7. The molecule has 0 aliphatic rings. The van der Waals surface area contributed by atoms with Crippen LogP contribution >= 0.6 is 11.6 Å². The zero-order chi connectivity index (χ0) is 14.3. The molecule has 0 heterocycles. The second-order valence-electron chi connectivity index (χ2n) is 4.91. The Labute approximate surface area is 119 Å². The zero-order valence-electron chi connectivity index (χ0n) is 11.4. The summed E-state index contributed by atoms with van der Waals surface area (Å²) >= 11 is 5.83. The van der Waals surface area contributed by atoms with Gasteiger partial charge < -0.3 is 15.7 Å². The lowest BCUT2D eigenvalue weighted by atomic mass is 10.0. The number of carbonyl (C=O) groups is 1. The van der Waals surface area contributed by atoms with E-state index in [0.29, 0.717) is 23.7 Å². The molecule has 0 spiro atoms. The van der Waals surface area contributed by atoms with Crippen molar-refractivity contribution in [3.8, 4) is 0 Å². The van der Waals surface area contributed by atoms with Gasteiger partial charge in [0.2, 0.25) is 5.91 Å². The topological polar surface area (TPSA) is 61.4 Å². The SMILES string of the molecule is CCCC(C)(O)CNCC(=O)Nc1cccc(Cl)c1. The summed E-state index contributed by atoms with van der Waals surface area (Å²) in [6.45, 7) is 4.33. The number of anilines is 1. The Kier molecular flexibility index (Phi) is 6.28. The van der Waals surface area contributed by atoms with Gasteiger partial charge in [0.25, 0.3) is 0 Å². The highest BCUT2D eigenvalue weighted by Crippen LogP contribution is 2.14. The van der Waals surface area contributed by atoms with Crippen LogP contribution in [0.5, 0.6) is 0 Å². The van der Waals surface area contributed by atoms with Crippen molar-refractivity contribution < 1.29 is 9.90 Å². The van der Waals surface area contributed by atoms with Crippen LogP contribution in [-0.4, -0.2) is 29.7 Å². The average molecular weight is 285 g/mol. The first-order valence-corrected chi connectivity index (χ1v) is 6.79. The first-order valence-electron chi connectivity index (χ1n) is 6.41. The predicted octanol–water partition coefficient (Wildman–Crippen LogP) is 2.42. The van der Waals surface area contributed by atoms with Gasteiger partial charge in [-0.1, -0.05) is 31.0 Å². The molecule has 0 saturated heterocycles. The normalized spacial score (nSPS) is 13.9. The van der Waals surface area contributed by atoms with Gasteiger partial charge in [0, 0.05) is 17.3 Å². The van der Waals surface area contributed by atoms with Gasteiger partial charge >= 0.3 is 0 Å². The van der Waals surface area contributed by atoms with E-state index in [1.807, 2.05) is 6.92 Å². The monoisotopic (exact) mass is 284 g/mol. The second kappa shape index (κ2) is 7.48. The molecule has 1 aromatic carbocycles.